The van der Waals surface area contributed by atoms with Gasteiger partial charge in [0, 0.05) is 24.6 Å². The lowest BCUT2D eigenvalue weighted by Crippen LogP contribution is -2.34. The number of hydrogen-bond donors (Lipinski definition) is 2. The van der Waals surface area contributed by atoms with E-state index in [0.29, 0.717) is 24.9 Å². The second-order valence-corrected chi connectivity index (χ2v) is 5.76. The maximum absolute atomic E-state index is 5.96. The highest BCUT2D eigenvalue weighted by Crippen LogP contribution is 2.39. The van der Waals surface area contributed by atoms with Crippen molar-refractivity contribution < 1.29 is 4.74 Å². The molecule has 0 unspecified atom stereocenters. The number of ether oxygens (including phenoxy) is 1. The van der Waals surface area contributed by atoms with E-state index in [9.17, 15) is 0 Å². The molecule has 0 aliphatic heterocycles. The zero-order valence-electron chi connectivity index (χ0n) is 12.3. The molecule has 3 N–H and O–H groups in total. The summed E-state index contributed by atoms with van der Waals surface area (Å²) in [5, 5.41) is 3.35. The molecule has 1 aromatic rings. The van der Waals surface area contributed by atoms with Crippen LogP contribution in [0.3, 0.4) is 0 Å². The number of rotatable bonds is 6. The summed E-state index contributed by atoms with van der Waals surface area (Å²) < 4.78 is 5.67. The van der Waals surface area contributed by atoms with Gasteiger partial charge in [-0.2, -0.15) is 0 Å². The monoisotopic (exact) mass is 264 g/mol. The average molecular weight is 264 g/mol. The Hall–Kier alpha value is -1.36. The van der Waals surface area contributed by atoms with E-state index < -0.39 is 0 Å². The first-order valence-electron chi connectivity index (χ1n) is 6.95. The first-order valence-corrected chi connectivity index (χ1v) is 6.95. The molecule has 0 bridgehead atoms. The van der Waals surface area contributed by atoms with Gasteiger partial charge in [-0.15, -0.1) is 0 Å². The number of aromatic nitrogens is 2. The molecular formula is C14H24N4O. The summed E-state index contributed by atoms with van der Waals surface area (Å²) in [4.78, 5) is 8.97. The Kier molecular flexibility index (Phi) is 3.94. The van der Waals surface area contributed by atoms with Gasteiger partial charge in [-0.05, 0) is 40.5 Å². The van der Waals surface area contributed by atoms with Gasteiger partial charge in [0.2, 0.25) is 0 Å². The Labute approximate surface area is 115 Å². The highest BCUT2D eigenvalue weighted by atomic mass is 16.5. The number of nitrogens with zero attached hydrogens (tertiary/aromatic N) is 2. The van der Waals surface area contributed by atoms with Gasteiger partial charge < -0.3 is 15.8 Å². The second kappa shape index (κ2) is 5.33. The van der Waals surface area contributed by atoms with E-state index in [1.807, 2.05) is 13.8 Å². The molecule has 1 aliphatic carbocycles. The van der Waals surface area contributed by atoms with Crippen molar-refractivity contribution in [2.45, 2.75) is 52.1 Å². The third-order valence-corrected chi connectivity index (χ3v) is 3.36. The molecule has 1 saturated carbocycles. The van der Waals surface area contributed by atoms with Crippen molar-refractivity contribution in [1.29, 1.82) is 0 Å². The highest BCUT2D eigenvalue weighted by Gasteiger charge is 2.28. The van der Waals surface area contributed by atoms with Crippen molar-refractivity contribution in [1.82, 2.24) is 9.97 Å². The smallest absolute Gasteiger partial charge is 0.136 e. The minimum Gasteiger partial charge on any atom is -0.383 e. The topological polar surface area (TPSA) is 73.1 Å². The van der Waals surface area contributed by atoms with Crippen molar-refractivity contribution in [3.63, 3.8) is 0 Å². The standard InChI is InChI=1S/C14H24N4O/c1-5-19-14(3,4)8-16-12-9(2)11(15)17-13(18-12)10-6-7-10/h10H,5-8H2,1-4H3,(H3,15,16,17,18). The van der Waals surface area contributed by atoms with Crippen LogP contribution in [0.1, 0.15) is 50.9 Å². The molecule has 0 atom stereocenters. The van der Waals surface area contributed by atoms with Crippen LogP contribution < -0.4 is 11.1 Å². The van der Waals surface area contributed by atoms with E-state index in [1.54, 1.807) is 0 Å². The fourth-order valence-electron chi connectivity index (χ4n) is 1.99. The average Bonchev–Trinajstić information content (AvgIpc) is 3.15. The largest absolute Gasteiger partial charge is 0.383 e. The van der Waals surface area contributed by atoms with Gasteiger partial charge in [0.15, 0.2) is 0 Å². The lowest BCUT2D eigenvalue weighted by Gasteiger charge is -2.25. The Morgan fingerprint density at radius 2 is 2.05 bits per heavy atom. The van der Waals surface area contributed by atoms with Crippen LogP contribution in [0.2, 0.25) is 0 Å². The van der Waals surface area contributed by atoms with E-state index in [4.69, 9.17) is 10.5 Å². The summed E-state index contributed by atoms with van der Waals surface area (Å²) in [5.74, 6) is 2.79. The van der Waals surface area contributed by atoms with Crippen LogP contribution in [0, 0.1) is 6.92 Å². The summed E-state index contributed by atoms with van der Waals surface area (Å²) >= 11 is 0. The quantitative estimate of drug-likeness (QED) is 0.825. The van der Waals surface area contributed by atoms with Crippen molar-refractivity contribution >= 4 is 11.6 Å². The number of hydrogen-bond acceptors (Lipinski definition) is 5. The molecule has 106 valence electrons. The third kappa shape index (κ3) is 3.56. The molecule has 5 nitrogen and oxygen atoms in total. The maximum Gasteiger partial charge on any atom is 0.136 e. The number of nitrogens with two attached hydrogens (primary N) is 1. The zero-order chi connectivity index (χ0) is 14.0. The van der Waals surface area contributed by atoms with Gasteiger partial charge in [0.05, 0.1) is 5.60 Å². The van der Waals surface area contributed by atoms with Crippen LogP contribution in [-0.2, 0) is 4.74 Å². The van der Waals surface area contributed by atoms with Crippen LogP contribution in [0.5, 0.6) is 0 Å². The molecule has 1 aliphatic rings. The van der Waals surface area contributed by atoms with Crippen molar-refractivity contribution in [3.8, 4) is 0 Å². The SMILES string of the molecule is CCOC(C)(C)CNc1nc(C2CC2)nc(N)c1C. The molecule has 0 radical (unpaired) electrons. The van der Waals surface area contributed by atoms with Gasteiger partial charge >= 0.3 is 0 Å². The van der Waals surface area contributed by atoms with E-state index in [-0.39, 0.29) is 5.60 Å². The lowest BCUT2D eigenvalue weighted by atomic mass is 10.1. The lowest BCUT2D eigenvalue weighted by molar-refractivity contribution is 0.000632. The Morgan fingerprint density at radius 3 is 2.63 bits per heavy atom. The fraction of sp³-hybridized carbons (Fsp3) is 0.714. The number of anilines is 2. The Balaban J connectivity index is 2.10. The summed E-state index contributed by atoms with van der Waals surface area (Å²) in [6.45, 7) is 9.47. The first-order chi connectivity index (χ1) is 8.93. The molecule has 0 spiro atoms. The summed E-state index contributed by atoms with van der Waals surface area (Å²) in [5.41, 5.74) is 6.65. The molecule has 1 fully saturated rings. The van der Waals surface area contributed by atoms with Crippen LogP contribution in [0.15, 0.2) is 0 Å². The van der Waals surface area contributed by atoms with Gasteiger partial charge in [-0.3, -0.25) is 0 Å². The normalized spacial score (nSPS) is 15.6. The minimum absolute atomic E-state index is 0.222. The maximum atomic E-state index is 5.96. The summed E-state index contributed by atoms with van der Waals surface area (Å²) in [6.07, 6.45) is 2.35. The van der Waals surface area contributed by atoms with Gasteiger partial charge in [0.25, 0.3) is 0 Å². The first kappa shape index (κ1) is 14.1. The fourth-order valence-corrected chi connectivity index (χ4v) is 1.99. The summed E-state index contributed by atoms with van der Waals surface area (Å²) in [6, 6.07) is 0. The van der Waals surface area contributed by atoms with Crippen molar-refractivity contribution in [2.24, 2.45) is 0 Å². The molecule has 0 saturated heterocycles. The van der Waals surface area contributed by atoms with E-state index >= 15 is 0 Å². The molecule has 2 rings (SSSR count). The number of nitrogens with one attached hydrogen (secondary N) is 1. The van der Waals surface area contributed by atoms with E-state index in [2.05, 4.69) is 29.1 Å². The predicted molar refractivity (Wildman–Crippen MR) is 77.4 cm³/mol. The van der Waals surface area contributed by atoms with Crippen LogP contribution in [0.25, 0.3) is 0 Å². The third-order valence-electron chi connectivity index (χ3n) is 3.36. The van der Waals surface area contributed by atoms with Crippen LogP contribution in [-0.4, -0.2) is 28.7 Å². The van der Waals surface area contributed by atoms with Crippen molar-refractivity contribution in [2.75, 3.05) is 24.2 Å². The van der Waals surface area contributed by atoms with E-state index in [0.717, 1.165) is 17.2 Å². The Morgan fingerprint density at radius 1 is 1.37 bits per heavy atom. The zero-order valence-corrected chi connectivity index (χ0v) is 12.3. The molecule has 19 heavy (non-hydrogen) atoms. The van der Waals surface area contributed by atoms with Crippen LogP contribution in [0.4, 0.5) is 11.6 Å². The Bertz CT molecular complexity index is 455. The van der Waals surface area contributed by atoms with Gasteiger partial charge in [0.1, 0.15) is 17.5 Å². The molecular weight excluding hydrogens is 240 g/mol. The van der Waals surface area contributed by atoms with Crippen LogP contribution >= 0.6 is 0 Å². The van der Waals surface area contributed by atoms with Crippen molar-refractivity contribution in [3.05, 3.63) is 11.4 Å². The van der Waals surface area contributed by atoms with E-state index in [1.165, 1.54) is 12.8 Å². The highest BCUT2D eigenvalue weighted by molar-refractivity contribution is 5.55. The molecule has 1 heterocycles. The molecule has 5 heteroatoms. The minimum atomic E-state index is -0.222. The number of nitrogen functional groups attached to an aromatic ring is 1. The molecule has 1 aromatic heterocycles. The molecule has 0 amide bonds. The second-order valence-electron chi connectivity index (χ2n) is 5.76. The van der Waals surface area contributed by atoms with Gasteiger partial charge in [-0.25, -0.2) is 9.97 Å². The van der Waals surface area contributed by atoms with Gasteiger partial charge in [-0.1, -0.05) is 0 Å². The predicted octanol–water partition coefficient (Wildman–Crippen LogP) is 2.47. The summed E-state index contributed by atoms with van der Waals surface area (Å²) in [7, 11) is 0. The molecule has 0 aromatic carbocycles.